The number of hydrogen-bond donors (Lipinski definition) is 1. The molecule has 0 spiro atoms. The molecule has 0 aliphatic heterocycles. The number of aromatic nitrogens is 5. The predicted molar refractivity (Wildman–Crippen MR) is 77.2 cm³/mol. The fourth-order valence-corrected chi connectivity index (χ4v) is 1.99. The minimum atomic E-state index is -4.53. The van der Waals surface area contributed by atoms with E-state index in [9.17, 15) is 18.0 Å². The molecule has 0 atom stereocenters. The molecule has 7 nitrogen and oxygen atoms in total. The van der Waals surface area contributed by atoms with Gasteiger partial charge >= 0.3 is 6.18 Å². The fourth-order valence-electron chi connectivity index (χ4n) is 1.99. The Kier molecular flexibility index (Phi) is 4.02. The second-order valence-electron chi connectivity index (χ2n) is 4.83. The van der Waals surface area contributed by atoms with Crippen molar-refractivity contribution in [2.45, 2.75) is 12.7 Å². The highest BCUT2D eigenvalue weighted by Crippen LogP contribution is 2.27. The first-order chi connectivity index (χ1) is 11.4. The maximum absolute atomic E-state index is 12.5. The van der Waals surface area contributed by atoms with Crippen molar-refractivity contribution in [3.63, 3.8) is 0 Å². The Morgan fingerprint density at radius 2 is 1.92 bits per heavy atom. The molecular formula is C14H11F3N6O. The Morgan fingerprint density at radius 3 is 2.50 bits per heavy atom. The van der Waals surface area contributed by atoms with Gasteiger partial charge in [0.2, 0.25) is 5.91 Å². The third-order valence-electron chi connectivity index (χ3n) is 3.07. The van der Waals surface area contributed by atoms with Gasteiger partial charge in [-0.1, -0.05) is 0 Å². The largest absolute Gasteiger partial charge is 0.435 e. The lowest BCUT2D eigenvalue weighted by atomic mass is 10.3. The summed E-state index contributed by atoms with van der Waals surface area (Å²) in [7, 11) is 0. The molecule has 0 aliphatic rings. The van der Waals surface area contributed by atoms with Gasteiger partial charge in [0.05, 0.1) is 5.69 Å². The molecule has 0 fully saturated rings. The second-order valence-corrected chi connectivity index (χ2v) is 4.83. The maximum atomic E-state index is 12.5. The van der Waals surface area contributed by atoms with Crippen LogP contribution in [0.4, 0.5) is 18.9 Å². The van der Waals surface area contributed by atoms with Crippen LogP contribution in [0.5, 0.6) is 0 Å². The molecule has 0 unspecified atom stereocenters. The minimum Gasteiger partial charge on any atom is -0.324 e. The van der Waals surface area contributed by atoms with Crippen LogP contribution in [-0.4, -0.2) is 30.5 Å². The SMILES string of the molecule is O=C(Cn1ccc(C(F)(F)F)n1)Nc1ccc(-n2cncn2)cc1. The molecule has 2 heterocycles. The summed E-state index contributed by atoms with van der Waals surface area (Å²) in [6.07, 6.45) is -0.492. The third-order valence-corrected chi connectivity index (χ3v) is 3.07. The zero-order valence-electron chi connectivity index (χ0n) is 12.1. The summed E-state index contributed by atoms with van der Waals surface area (Å²) in [4.78, 5) is 15.7. The molecule has 3 aromatic rings. The van der Waals surface area contributed by atoms with Crippen molar-refractivity contribution in [1.82, 2.24) is 24.5 Å². The second kappa shape index (κ2) is 6.14. The van der Waals surface area contributed by atoms with Crippen molar-refractivity contribution in [1.29, 1.82) is 0 Å². The van der Waals surface area contributed by atoms with E-state index in [0.29, 0.717) is 5.69 Å². The van der Waals surface area contributed by atoms with Gasteiger partial charge in [-0.05, 0) is 30.3 Å². The summed E-state index contributed by atoms with van der Waals surface area (Å²) in [6.45, 7) is -0.319. The quantitative estimate of drug-likeness (QED) is 0.792. The zero-order chi connectivity index (χ0) is 17.2. The molecule has 0 radical (unpaired) electrons. The van der Waals surface area contributed by atoms with Crippen molar-refractivity contribution >= 4 is 11.6 Å². The van der Waals surface area contributed by atoms with E-state index in [4.69, 9.17) is 0 Å². The number of amides is 1. The number of hydrogen-bond acceptors (Lipinski definition) is 4. The number of anilines is 1. The number of nitrogens with zero attached hydrogens (tertiary/aromatic N) is 5. The normalized spacial score (nSPS) is 11.5. The number of benzene rings is 1. The summed E-state index contributed by atoms with van der Waals surface area (Å²) in [6, 6.07) is 7.57. The van der Waals surface area contributed by atoms with Gasteiger partial charge in [0.25, 0.3) is 0 Å². The lowest BCUT2D eigenvalue weighted by Crippen LogP contribution is -2.19. The molecule has 0 bridgehead atoms. The van der Waals surface area contributed by atoms with E-state index in [2.05, 4.69) is 20.5 Å². The van der Waals surface area contributed by atoms with Crippen LogP contribution >= 0.6 is 0 Å². The van der Waals surface area contributed by atoms with Crippen molar-refractivity contribution in [2.75, 3.05) is 5.32 Å². The highest BCUT2D eigenvalue weighted by atomic mass is 19.4. The number of rotatable bonds is 4. The van der Waals surface area contributed by atoms with E-state index in [0.717, 1.165) is 22.6 Å². The Hall–Kier alpha value is -3.17. The molecule has 0 saturated heterocycles. The van der Waals surface area contributed by atoms with E-state index < -0.39 is 17.8 Å². The van der Waals surface area contributed by atoms with E-state index >= 15 is 0 Å². The van der Waals surface area contributed by atoms with Gasteiger partial charge in [-0.3, -0.25) is 9.48 Å². The first-order valence-corrected chi connectivity index (χ1v) is 6.77. The fraction of sp³-hybridized carbons (Fsp3) is 0.143. The Labute approximate surface area is 133 Å². The van der Waals surface area contributed by atoms with Crippen LogP contribution < -0.4 is 5.32 Å². The van der Waals surface area contributed by atoms with Crippen molar-refractivity contribution in [3.05, 3.63) is 54.9 Å². The van der Waals surface area contributed by atoms with Crippen molar-refractivity contribution in [3.8, 4) is 5.69 Å². The van der Waals surface area contributed by atoms with Crippen LogP contribution in [0, 0.1) is 0 Å². The van der Waals surface area contributed by atoms with Crippen molar-refractivity contribution in [2.24, 2.45) is 0 Å². The number of nitrogens with one attached hydrogen (secondary N) is 1. The number of carbonyl (C=O) groups excluding carboxylic acids is 1. The van der Waals surface area contributed by atoms with Gasteiger partial charge in [0.1, 0.15) is 19.2 Å². The van der Waals surface area contributed by atoms with Gasteiger partial charge in [-0.25, -0.2) is 9.67 Å². The van der Waals surface area contributed by atoms with Gasteiger partial charge in [-0.2, -0.15) is 23.4 Å². The van der Waals surface area contributed by atoms with Crippen molar-refractivity contribution < 1.29 is 18.0 Å². The lowest BCUT2D eigenvalue weighted by molar-refractivity contribution is -0.141. The standard InChI is InChI=1S/C14H11F3N6O/c15-14(16,17)12-5-6-22(21-12)7-13(24)20-10-1-3-11(4-2-10)23-9-18-8-19-23/h1-6,8-9H,7H2,(H,20,24). The first kappa shape index (κ1) is 15.7. The van der Waals surface area contributed by atoms with Crippen LogP contribution in [0.1, 0.15) is 5.69 Å². The van der Waals surface area contributed by atoms with E-state index in [1.54, 1.807) is 28.9 Å². The average Bonchev–Trinajstić information content (AvgIpc) is 3.18. The summed E-state index contributed by atoms with van der Waals surface area (Å²) >= 11 is 0. The minimum absolute atomic E-state index is 0.319. The van der Waals surface area contributed by atoms with Crippen LogP contribution in [0.15, 0.2) is 49.2 Å². The summed E-state index contributed by atoms with van der Waals surface area (Å²) in [5.41, 5.74) is 0.229. The van der Waals surface area contributed by atoms with Gasteiger partial charge in [0, 0.05) is 11.9 Å². The molecule has 124 valence electrons. The Bertz CT molecular complexity index is 823. The summed E-state index contributed by atoms with van der Waals surface area (Å²) < 4.78 is 39.8. The molecule has 1 aromatic carbocycles. The Morgan fingerprint density at radius 1 is 1.17 bits per heavy atom. The van der Waals surface area contributed by atoms with E-state index in [1.807, 2.05) is 0 Å². The van der Waals surface area contributed by atoms with Crippen LogP contribution in [0.2, 0.25) is 0 Å². The molecule has 2 aromatic heterocycles. The lowest BCUT2D eigenvalue weighted by Gasteiger charge is -2.07. The Balaban J connectivity index is 1.61. The molecule has 1 amide bonds. The highest BCUT2D eigenvalue weighted by Gasteiger charge is 2.33. The van der Waals surface area contributed by atoms with Crippen LogP contribution in [0.25, 0.3) is 5.69 Å². The molecular weight excluding hydrogens is 325 g/mol. The summed E-state index contributed by atoms with van der Waals surface area (Å²) in [5, 5.41) is 9.88. The first-order valence-electron chi connectivity index (χ1n) is 6.77. The molecule has 10 heteroatoms. The molecule has 1 N–H and O–H groups in total. The third kappa shape index (κ3) is 3.59. The predicted octanol–water partition coefficient (Wildman–Crippen LogP) is 2.12. The maximum Gasteiger partial charge on any atom is 0.435 e. The topological polar surface area (TPSA) is 77.6 Å². The van der Waals surface area contributed by atoms with Gasteiger partial charge < -0.3 is 5.32 Å². The van der Waals surface area contributed by atoms with Crippen LogP contribution in [-0.2, 0) is 17.5 Å². The number of halogens is 3. The van der Waals surface area contributed by atoms with Gasteiger partial charge in [-0.15, -0.1) is 0 Å². The summed E-state index contributed by atoms with van der Waals surface area (Å²) in [5.74, 6) is -0.486. The zero-order valence-corrected chi connectivity index (χ0v) is 12.1. The molecule has 24 heavy (non-hydrogen) atoms. The van der Waals surface area contributed by atoms with E-state index in [-0.39, 0.29) is 6.54 Å². The van der Waals surface area contributed by atoms with Crippen LogP contribution in [0.3, 0.4) is 0 Å². The molecule has 0 aliphatic carbocycles. The smallest absolute Gasteiger partial charge is 0.324 e. The molecule has 0 saturated carbocycles. The van der Waals surface area contributed by atoms with Gasteiger partial charge in [0.15, 0.2) is 5.69 Å². The number of carbonyl (C=O) groups is 1. The number of alkyl halides is 3. The van der Waals surface area contributed by atoms with E-state index in [1.165, 1.54) is 12.7 Å². The average molecular weight is 336 g/mol. The molecule has 3 rings (SSSR count). The monoisotopic (exact) mass is 336 g/mol. The highest BCUT2D eigenvalue weighted by molar-refractivity contribution is 5.90.